The summed E-state index contributed by atoms with van der Waals surface area (Å²) >= 11 is 12.6. The van der Waals surface area contributed by atoms with Gasteiger partial charge in [0.05, 0.1) is 16.1 Å². The number of amides is 2. The Morgan fingerprint density at radius 2 is 1.46 bits per heavy atom. The van der Waals surface area contributed by atoms with Crippen LogP contribution in [0, 0.1) is 0 Å². The first-order chi connectivity index (χ1) is 22.5. The maximum Gasteiger partial charge on any atom is 0.416 e. The molecule has 0 saturated heterocycles. The predicted octanol–water partition coefficient (Wildman–Crippen LogP) is 7.76. The third kappa shape index (κ3) is 9.52. The number of nitrogens with one attached hydrogen (secondary N) is 1. The lowest BCUT2D eigenvalue weighted by molar-refractivity contribution is -0.140. The van der Waals surface area contributed by atoms with E-state index in [2.05, 4.69) is 5.32 Å². The first-order valence-corrected chi connectivity index (χ1v) is 17.0. The van der Waals surface area contributed by atoms with Crippen LogP contribution in [0.25, 0.3) is 0 Å². The Morgan fingerprint density at radius 3 is 2.04 bits per heavy atom. The van der Waals surface area contributed by atoms with Crippen molar-refractivity contribution in [3.05, 3.63) is 130 Å². The van der Waals surface area contributed by atoms with Gasteiger partial charge in [-0.25, -0.2) is 8.42 Å². The Labute approximate surface area is 288 Å². The smallest absolute Gasteiger partial charge is 0.350 e. The largest absolute Gasteiger partial charge is 0.416 e. The lowest BCUT2D eigenvalue weighted by Crippen LogP contribution is -2.56. The van der Waals surface area contributed by atoms with Crippen molar-refractivity contribution in [2.45, 2.75) is 56.4 Å². The van der Waals surface area contributed by atoms with E-state index >= 15 is 0 Å². The van der Waals surface area contributed by atoms with Gasteiger partial charge in [-0.1, -0.05) is 83.9 Å². The zero-order valence-corrected chi connectivity index (χ0v) is 28.7. The highest BCUT2D eigenvalue weighted by Crippen LogP contribution is 2.34. The van der Waals surface area contributed by atoms with Gasteiger partial charge in [0.2, 0.25) is 11.8 Å². The van der Waals surface area contributed by atoms with Crippen LogP contribution in [-0.4, -0.2) is 43.3 Å². The number of carbonyl (C=O) groups excluding carboxylic acids is 2. The number of nitrogens with zero attached hydrogens (tertiary/aromatic N) is 2. The molecule has 2 amide bonds. The predicted molar refractivity (Wildman–Crippen MR) is 181 cm³/mol. The summed E-state index contributed by atoms with van der Waals surface area (Å²) in [6, 6.07) is 23.1. The highest BCUT2D eigenvalue weighted by Gasteiger charge is 2.37. The van der Waals surface area contributed by atoms with Gasteiger partial charge in [0, 0.05) is 28.5 Å². The van der Waals surface area contributed by atoms with Crippen LogP contribution in [0.4, 0.5) is 18.9 Å². The molecular formula is C35H34Cl2F3N3O4S. The molecule has 0 bridgehead atoms. The number of alkyl halides is 3. The van der Waals surface area contributed by atoms with Gasteiger partial charge in [0.1, 0.15) is 12.6 Å². The van der Waals surface area contributed by atoms with Gasteiger partial charge in [-0.3, -0.25) is 13.9 Å². The standard InChI is InChI=1S/C35H34Cl2F3N3O4S/c1-34(2,3)41-33(45)31(19-24-11-6-4-7-12-24)42(22-25-17-18-27(36)21-30(25)37)32(44)23-43(48(46,47)29-15-8-5-9-16-29)28-14-10-13-26(20-28)35(38,39)40/h4-18,20-21,31H,19,22-23H2,1-3H3,(H,41,45). The molecule has 13 heteroatoms. The minimum Gasteiger partial charge on any atom is -0.350 e. The third-order valence-electron chi connectivity index (χ3n) is 7.20. The molecule has 7 nitrogen and oxygen atoms in total. The second-order valence-corrected chi connectivity index (χ2v) is 14.8. The summed E-state index contributed by atoms with van der Waals surface area (Å²) in [5.74, 6) is -1.38. The van der Waals surface area contributed by atoms with Gasteiger partial charge in [-0.15, -0.1) is 0 Å². The van der Waals surface area contributed by atoms with Crippen LogP contribution < -0.4 is 9.62 Å². The summed E-state index contributed by atoms with van der Waals surface area (Å²) in [4.78, 5) is 29.4. The second kappa shape index (κ2) is 15.0. The molecule has 4 aromatic rings. The summed E-state index contributed by atoms with van der Waals surface area (Å²) in [5.41, 5.74) is -1.08. The summed E-state index contributed by atoms with van der Waals surface area (Å²) in [6.07, 6.45) is -4.75. The van der Waals surface area contributed by atoms with Crippen molar-refractivity contribution < 1.29 is 31.2 Å². The monoisotopic (exact) mass is 719 g/mol. The van der Waals surface area contributed by atoms with E-state index in [0.29, 0.717) is 26.5 Å². The van der Waals surface area contributed by atoms with Crippen molar-refractivity contribution in [1.29, 1.82) is 0 Å². The molecule has 254 valence electrons. The average Bonchev–Trinajstić information content (AvgIpc) is 3.02. The topological polar surface area (TPSA) is 86.8 Å². The number of carbonyl (C=O) groups is 2. The normalized spacial score (nSPS) is 12.7. The highest BCUT2D eigenvalue weighted by molar-refractivity contribution is 7.92. The molecule has 1 atom stereocenters. The van der Waals surface area contributed by atoms with Crippen LogP contribution in [0.3, 0.4) is 0 Å². The van der Waals surface area contributed by atoms with E-state index in [-0.39, 0.29) is 28.6 Å². The van der Waals surface area contributed by atoms with E-state index in [1.54, 1.807) is 69.3 Å². The number of benzene rings is 4. The number of hydrogen-bond acceptors (Lipinski definition) is 4. The van der Waals surface area contributed by atoms with Gasteiger partial charge < -0.3 is 10.2 Å². The Balaban J connectivity index is 1.87. The van der Waals surface area contributed by atoms with Crippen molar-refractivity contribution in [2.75, 3.05) is 10.8 Å². The Bertz CT molecular complexity index is 1850. The molecule has 48 heavy (non-hydrogen) atoms. The number of anilines is 1. The molecule has 0 aliphatic heterocycles. The maximum atomic E-state index is 14.5. The summed E-state index contributed by atoms with van der Waals surface area (Å²) in [6.45, 7) is 4.14. The lowest BCUT2D eigenvalue weighted by atomic mass is 10.0. The molecule has 0 saturated carbocycles. The molecule has 0 heterocycles. The summed E-state index contributed by atoms with van der Waals surface area (Å²) < 4.78 is 70.0. The quantitative estimate of drug-likeness (QED) is 0.172. The number of halogens is 5. The van der Waals surface area contributed by atoms with Crippen LogP contribution in [0.2, 0.25) is 10.0 Å². The number of hydrogen-bond donors (Lipinski definition) is 1. The minimum absolute atomic E-state index is 0.0364. The highest BCUT2D eigenvalue weighted by atomic mass is 35.5. The summed E-state index contributed by atoms with van der Waals surface area (Å²) in [7, 11) is -4.59. The fraction of sp³-hybridized carbons (Fsp3) is 0.257. The van der Waals surface area contributed by atoms with Crippen molar-refractivity contribution >= 4 is 50.7 Å². The van der Waals surface area contributed by atoms with Crippen LogP contribution in [-0.2, 0) is 38.8 Å². The summed E-state index contributed by atoms with van der Waals surface area (Å²) in [5, 5.41) is 3.43. The second-order valence-electron chi connectivity index (χ2n) is 12.1. The molecule has 4 aromatic carbocycles. The molecule has 1 N–H and O–H groups in total. The molecule has 0 spiro atoms. The van der Waals surface area contributed by atoms with Gasteiger partial charge in [-0.05, 0) is 74.4 Å². The lowest BCUT2D eigenvalue weighted by Gasteiger charge is -2.35. The first-order valence-electron chi connectivity index (χ1n) is 14.8. The van der Waals surface area contributed by atoms with E-state index in [4.69, 9.17) is 23.2 Å². The van der Waals surface area contributed by atoms with Crippen LogP contribution >= 0.6 is 23.2 Å². The molecular weight excluding hydrogens is 686 g/mol. The van der Waals surface area contributed by atoms with Crippen molar-refractivity contribution in [2.24, 2.45) is 0 Å². The zero-order valence-electron chi connectivity index (χ0n) is 26.3. The molecule has 0 aliphatic rings. The van der Waals surface area contributed by atoms with Crippen LogP contribution in [0.5, 0.6) is 0 Å². The van der Waals surface area contributed by atoms with Crippen molar-refractivity contribution in [3.63, 3.8) is 0 Å². The molecule has 1 unspecified atom stereocenters. The molecule has 0 aromatic heterocycles. The van der Waals surface area contributed by atoms with E-state index in [1.165, 1.54) is 41.3 Å². The van der Waals surface area contributed by atoms with E-state index < -0.39 is 51.7 Å². The molecule has 0 radical (unpaired) electrons. The SMILES string of the molecule is CC(C)(C)NC(=O)C(Cc1ccccc1)N(Cc1ccc(Cl)cc1Cl)C(=O)CN(c1cccc(C(F)(F)F)c1)S(=O)(=O)c1ccccc1. The van der Waals surface area contributed by atoms with Crippen LogP contribution in [0.15, 0.2) is 108 Å². The van der Waals surface area contributed by atoms with Crippen LogP contribution in [0.1, 0.15) is 37.5 Å². The van der Waals surface area contributed by atoms with Crippen molar-refractivity contribution in [1.82, 2.24) is 10.2 Å². The van der Waals surface area contributed by atoms with E-state index in [1.807, 2.05) is 0 Å². The van der Waals surface area contributed by atoms with E-state index in [0.717, 1.165) is 12.1 Å². The fourth-order valence-corrected chi connectivity index (χ4v) is 6.82. The number of sulfonamides is 1. The minimum atomic E-state index is -4.79. The Hall–Kier alpha value is -4.06. The Kier molecular flexibility index (Phi) is 11.5. The third-order valence-corrected chi connectivity index (χ3v) is 9.57. The van der Waals surface area contributed by atoms with Gasteiger partial charge in [0.25, 0.3) is 10.0 Å². The van der Waals surface area contributed by atoms with Gasteiger partial charge in [0.15, 0.2) is 0 Å². The number of rotatable bonds is 11. The van der Waals surface area contributed by atoms with Gasteiger partial charge >= 0.3 is 6.18 Å². The van der Waals surface area contributed by atoms with Crippen molar-refractivity contribution in [3.8, 4) is 0 Å². The Morgan fingerprint density at radius 1 is 0.833 bits per heavy atom. The molecule has 0 fully saturated rings. The van der Waals surface area contributed by atoms with Gasteiger partial charge in [-0.2, -0.15) is 13.2 Å². The molecule has 4 rings (SSSR count). The van der Waals surface area contributed by atoms with E-state index in [9.17, 15) is 31.2 Å². The average molecular weight is 721 g/mol. The fourth-order valence-electron chi connectivity index (χ4n) is 4.93. The maximum absolute atomic E-state index is 14.5. The first kappa shape index (κ1) is 36.8. The zero-order chi connectivity index (χ0) is 35.3. The molecule has 0 aliphatic carbocycles.